The van der Waals surface area contributed by atoms with Crippen LogP contribution in [0, 0.1) is 0 Å². The minimum absolute atomic E-state index is 0.0994. The normalized spacial score (nSPS) is 13.4. The fourth-order valence-corrected chi connectivity index (χ4v) is 1.52. The molecule has 1 amide bonds. The molecular weight excluding hydrogens is 218 g/mol. The van der Waals surface area contributed by atoms with Crippen LogP contribution < -0.4 is 14.8 Å². The molecular formula is C13H15NO3. The Morgan fingerprint density at radius 2 is 2.12 bits per heavy atom. The van der Waals surface area contributed by atoms with Gasteiger partial charge in [0.2, 0.25) is 12.7 Å². The van der Waals surface area contributed by atoms with Crippen LogP contribution in [0.1, 0.15) is 19.4 Å². The van der Waals surface area contributed by atoms with E-state index in [-0.39, 0.29) is 18.7 Å². The third-order valence-corrected chi connectivity index (χ3v) is 2.25. The van der Waals surface area contributed by atoms with Crippen LogP contribution in [0.3, 0.4) is 0 Å². The van der Waals surface area contributed by atoms with Crippen molar-refractivity contribution < 1.29 is 14.3 Å². The number of nitrogens with one attached hydrogen (secondary N) is 1. The van der Waals surface area contributed by atoms with Gasteiger partial charge in [-0.25, -0.2) is 0 Å². The number of rotatable bonds is 3. The minimum Gasteiger partial charge on any atom is -0.454 e. The van der Waals surface area contributed by atoms with E-state index in [0.29, 0.717) is 0 Å². The van der Waals surface area contributed by atoms with Gasteiger partial charge in [0.05, 0.1) is 0 Å². The van der Waals surface area contributed by atoms with Crippen LogP contribution in [0.2, 0.25) is 0 Å². The lowest BCUT2D eigenvalue weighted by Crippen LogP contribution is -2.28. The quantitative estimate of drug-likeness (QED) is 0.812. The highest BCUT2D eigenvalue weighted by Crippen LogP contribution is 2.32. The zero-order valence-electron chi connectivity index (χ0n) is 9.90. The molecule has 0 aliphatic carbocycles. The number of fused-ring (bicyclic) bond motifs is 1. The first-order valence-corrected chi connectivity index (χ1v) is 5.53. The van der Waals surface area contributed by atoms with Crippen molar-refractivity contribution in [1.82, 2.24) is 5.32 Å². The average molecular weight is 233 g/mol. The summed E-state index contributed by atoms with van der Waals surface area (Å²) in [6, 6.07) is 5.71. The molecule has 1 aliphatic heterocycles. The Hall–Kier alpha value is -1.97. The summed E-state index contributed by atoms with van der Waals surface area (Å²) in [5, 5.41) is 2.78. The number of ether oxygens (including phenoxy) is 2. The van der Waals surface area contributed by atoms with Gasteiger partial charge < -0.3 is 14.8 Å². The summed E-state index contributed by atoms with van der Waals surface area (Å²) < 4.78 is 10.5. The Balaban J connectivity index is 2.04. The first-order valence-electron chi connectivity index (χ1n) is 5.53. The predicted molar refractivity (Wildman–Crippen MR) is 64.9 cm³/mol. The standard InChI is InChI=1S/C13H15NO3/c1-9(2)14-13(15)6-4-10-3-5-11-12(7-10)17-8-16-11/h3-7,9H,8H2,1-2H3,(H,14,15)/b6-4-. The number of carbonyl (C=O) groups excluding carboxylic acids is 1. The molecule has 1 aromatic carbocycles. The lowest BCUT2D eigenvalue weighted by Gasteiger charge is -2.04. The van der Waals surface area contributed by atoms with Crippen LogP contribution in [0.15, 0.2) is 24.3 Å². The molecule has 0 saturated carbocycles. The van der Waals surface area contributed by atoms with E-state index >= 15 is 0 Å². The van der Waals surface area contributed by atoms with Gasteiger partial charge in [0.25, 0.3) is 0 Å². The van der Waals surface area contributed by atoms with Gasteiger partial charge in [-0.1, -0.05) is 6.07 Å². The molecule has 0 radical (unpaired) electrons. The van der Waals surface area contributed by atoms with Crippen molar-refractivity contribution in [3.63, 3.8) is 0 Å². The monoisotopic (exact) mass is 233 g/mol. The van der Waals surface area contributed by atoms with Crippen molar-refractivity contribution in [2.24, 2.45) is 0 Å². The van der Waals surface area contributed by atoms with Crippen molar-refractivity contribution in [3.8, 4) is 11.5 Å². The Kier molecular flexibility index (Phi) is 3.32. The molecule has 0 aromatic heterocycles. The van der Waals surface area contributed by atoms with Crippen LogP contribution in [0.4, 0.5) is 0 Å². The zero-order valence-corrected chi connectivity index (χ0v) is 9.90. The minimum atomic E-state index is -0.0994. The topological polar surface area (TPSA) is 47.6 Å². The van der Waals surface area contributed by atoms with E-state index in [9.17, 15) is 4.79 Å². The van der Waals surface area contributed by atoms with Crippen molar-refractivity contribution >= 4 is 12.0 Å². The van der Waals surface area contributed by atoms with E-state index in [4.69, 9.17) is 9.47 Å². The highest BCUT2D eigenvalue weighted by Gasteiger charge is 2.12. The van der Waals surface area contributed by atoms with Crippen LogP contribution in [-0.2, 0) is 4.79 Å². The van der Waals surface area contributed by atoms with Gasteiger partial charge in [0, 0.05) is 12.1 Å². The zero-order chi connectivity index (χ0) is 12.3. The molecule has 1 aliphatic rings. The molecule has 90 valence electrons. The van der Waals surface area contributed by atoms with Gasteiger partial charge in [-0.3, -0.25) is 4.79 Å². The maximum Gasteiger partial charge on any atom is 0.244 e. The molecule has 17 heavy (non-hydrogen) atoms. The molecule has 0 atom stereocenters. The number of hydrogen-bond donors (Lipinski definition) is 1. The summed E-state index contributed by atoms with van der Waals surface area (Å²) >= 11 is 0. The second-order valence-electron chi connectivity index (χ2n) is 4.11. The Morgan fingerprint density at radius 3 is 2.88 bits per heavy atom. The molecule has 0 saturated heterocycles. The number of carbonyl (C=O) groups is 1. The van der Waals surface area contributed by atoms with Crippen molar-refractivity contribution in [2.75, 3.05) is 6.79 Å². The lowest BCUT2D eigenvalue weighted by atomic mass is 10.2. The third kappa shape index (κ3) is 3.00. The van der Waals surface area contributed by atoms with Crippen LogP contribution in [0.25, 0.3) is 6.08 Å². The summed E-state index contributed by atoms with van der Waals surface area (Å²) in [6.07, 6.45) is 3.26. The molecule has 1 heterocycles. The van der Waals surface area contributed by atoms with Crippen LogP contribution >= 0.6 is 0 Å². The van der Waals surface area contributed by atoms with Crippen molar-refractivity contribution in [3.05, 3.63) is 29.8 Å². The number of benzene rings is 1. The molecule has 1 N–H and O–H groups in total. The summed E-state index contributed by atoms with van der Waals surface area (Å²) in [5.41, 5.74) is 0.910. The maximum absolute atomic E-state index is 11.4. The maximum atomic E-state index is 11.4. The van der Waals surface area contributed by atoms with E-state index in [0.717, 1.165) is 17.1 Å². The molecule has 0 bridgehead atoms. The molecule has 0 spiro atoms. The molecule has 4 heteroatoms. The van der Waals surface area contributed by atoms with Gasteiger partial charge in [-0.05, 0) is 37.6 Å². The SMILES string of the molecule is CC(C)NC(=O)/C=C\c1ccc2c(c1)OCO2. The number of amides is 1. The fourth-order valence-electron chi connectivity index (χ4n) is 1.52. The van der Waals surface area contributed by atoms with E-state index < -0.39 is 0 Å². The van der Waals surface area contributed by atoms with Crippen molar-refractivity contribution in [1.29, 1.82) is 0 Å². The Labute approximate surface area is 100 Å². The lowest BCUT2D eigenvalue weighted by molar-refractivity contribution is -0.116. The van der Waals surface area contributed by atoms with Gasteiger partial charge in [-0.15, -0.1) is 0 Å². The van der Waals surface area contributed by atoms with E-state index in [2.05, 4.69) is 5.32 Å². The van der Waals surface area contributed by atoms with Crippen LogP contribution in [-0.4, -0.2) is 18.7 Å². The highest BCUT2D eigenvalue weighted by molar-refractivity contribution is 5.91. The molecule has 4 nitrogen and oxygen atoms in total. The first-order chi connectivity index (χ1) is 8.15. The predicted octanol–water partition coefficient (Wildman–Crippen LogP) is 1.95. The largest absolute Gasteiger partial charge is 0.454 e. The highest BCUT2D eigenvalue weighted by atomic mass is 16.7. The van der Waals surface area contributed by atoms with Gasteiger partial charge >= 0.3 is 0 Å². The summed E-state index contributed by atoms with van der Waals surface area (Å²) in [4.78, 5) is 11.4. The van der Waals surface area contributed by atoms with E-state index in [1.807, 2.05) is 32.0 Å². The smallest absolute Gasteiger partial charge is 0.244 e. The van der Waals surface area contributed by atoms with Gasteiger partial charge in [0.15, 0.2) is 11.5 Å². The third-order valence-electron chi connectivity index (χ3n) is 2.25. The summed E-state index contributed by atoms with van der Waals surface area (Å²) in [5.74, 6) is 1.36. The van der Waals surface area contributed by atoms with Gasteiger partial charge in [0.1, 0.15) is 0 Å². The molecule has 1 aromatic rings. The fraction of sp³-hybridized carbons (Fsp3) is 0.308. The van der Waals surface area contributed by atoms with Gasteiger partial charge in [-0.2, -0.15) is 0 Å². The summed E-state index contributed by atoms with van der Waals surface area (Å²) in [6.45, 7) is 4.11. The number of hydrogen-bond acceptors (Lipinski definition) is 3. The van der Waals surface area contributed by atoms with E-state index in [1.165, 1.54) is 6.08 Å². The van der Waals surface area contributed by atoms with E-state index in [1.54, 1.807) is 6.08 Å². The second-order valence-corrected chi connectivity index (χ2v) is 4.11. The average Bonchev–Trinajstić information content (AvgIpc) is 2.72. The summed E-state index contributed by atoms with van der Waals surface area (Å²) in [7, 11) is 0. The Morgan fingerprint density at radius 1 is 1.35 bits per heavy atom. The van der Waals surface area contributed by atoms with Crippen LogP contribution in [0.5, 0.6) is 11.5 Å². The van der Waals surface area contributed by atoms with Crippen molar-refractivity contribution in [2.45, 2.75) is 19.9 Å². The second kappa shape index (κ2) is 4.91. The molecule has 2 rings (SSSR count). The molecule has 0 unspecified atom stereocenters. The first kappa shape index (κ1) is 11.5. The molecule has 0 fully saturated rings. The Bertz CT molecular complexity index is 452.